The highest BCUT2D eigenvalue weighted by Gasteiger charge is 2.36. The Bertz CT molecular complexity index is 383. The summed E-state index contributed by atoms with van der Waals surface area (Å²) in [6.45, 7) is 7.27. The summed E-state index contributed by atoms with van der Waals surface area (Å²) in [5, 5.41) is 14.3. The molecule has 2 N–H and O–H groups in total. The molecule has 0 radical (unpaired) electrons. The summed E-state index contributed by atoms with van der Waals surface area (Å²) in [6, 6.07) is 8.41. The predicted octanol–water partition coefficient (Wildman–Crippen LogP) is 2.98. The van der Waals surface area contributed by atoms with Crippen molar-refractivity contribution in [3.05, 3.63) is 35.4 Å². The molecular weight excluding hydrogens is 222 g/mol. The average molecular weight is 247 g/mol. The Hall–Kier alpha value is -0.860. The minimum Gasteiger partial charge on any atom is -0.384 e. The third kappa shape index (κ3) is 2.76. The highest BCUT2D eigenvalue weighted by atomic mass is 16.3. The van der Waals surface area contributed by atoms with Gasteiger partial charge in [-0.15, -0.1) is 0 Å². The van der Waals surface area contributed by atoms with E-state index in [2.05, 4.69) is 31.3 Å². The number of hydrogen-bond acceptors (Lipinski definition) is 2. The van der Waals surface area contributed by atoms with Crippen molar-refractivity contribution in [3.63, 3.8) is 0 Å². The van der Waals surface area contributed by atoms with E-state index < -0.39 is 5.60 Å². The van der Waals surface area contributed by atoms with Crippen LogP contribution in [-0.4, -0.2) is 17.7 Å². The fraction of sp³-hybridized carbons (Fsp3) is 0.625. The van der Waals surface area contributed by atoms with E-state index in [9.17, 15) is 5.11 Å². The molecule has 1 aliphatic heterocycles. The van der Waals surface area contributed by atoms with Crippen molar-refractivity contribution in [2.45, 2.75) is 51.7 Å². The van der Waals surface area contributed by atoms with Crippen molar-refractivity contribution < 1.29 is 5.11 Å². The number of piperidine rings is 1. The molecule has 2 nitrogen and oxygen atoms in total. The van der Waals surface area contributed by atoms with Gasteiger partial charge in [0.25, 0.3) is 0 Å². The zero-order valence-corrected chi connectivity index (χ0v) is 11.7. The predicted molar refractivity (Wildman–Crippen MR) is 75.6 cm³/mol. The van der Waals surface area contributed by atoms with Crippen molar-refractivity contribution in [1.82, 2.24) is 5.32 Å². The molecule has 0 saturated carbocycles. The molecule has 1 saturated heterocycles. The smallest absolute Gasteiger partial charge is 0.102 e. The van der Waals surface area contributed by atoms with Crippen LogP contribution >= 0.6 is 0 Å². The molecule has 1 aliphatic rings. The van der Waals surface area contributed by atoms with E-state index in [-0.39, 0.29) is 6.04 Å². The molecule has 1 fully saturated rings. The Morgan fingerprint density at radius 2 is 2.00 bits per heavy atom. The van der Waals surface area contributed by atoms with Gasteiger partial charge in [-0.05, 0) is 44.7 Å². The molecule has 1 aromatic carbocycles. The first kappa shape index (κ1) is 13.6. The first-order valence-corrected chi connectivity index (χ1v) is 7.07. The monoisotopic (exact) mass is 247 g/mol. The Morgan fingerprint density at radius 1 is 1.33 bits per heavy atom. The van der Waals surface area contributed by atoms with Gasteiger partial charge in [-0.2, -0.15) is 0 Å². The quantitative estimate of drug-likeness (QED) is 0.860. The Labute approximate surface area is 110 Å². The number of nitrogens with one attached hydrogen (secondary N) is 1. The Kier molecular flexibility index (Phi) is 4.08. The SMILES string of the molecule is CCC1CCNC(C(C)(O)c2ccc(C)cc2)C1. The molecule has 0 amide bonds. The topological polar surface area (TPSA) is 32.3 Å². The van der Waals surface area contributed by atoms with Gasteiger partial charge in [0.2, 0.25) is 0 Å². The molecule has 0 aromatic heterocycles. The number of rotatable bonds is 3. The molecule has 0 aliphatic carbocycles. The van der Waals surface area contributed by atoms with Crippen molar-refractivity contribution in [2.24, 2.45) is 5.92 Å². The van der Waals surface area contributed by atoms with Gasteiger partial charge in [-0.1, -0.05) is 43.2 Å². The second kappa shape index (κ2) is 5.41. The highest BCUT2D eigenvalue weighted by Crippen LogP contribution is 2.32. The van der Waals surface area contributed by atoms with Crippen LogP contribution in [0.3, 0.4) is 0 Å². The summed E-state index contributed by atoms with van der Waals surface area (Å²) in [7, 11) is 0. The third-order valence-electron chi connectivity index (χ3n) is 4.40. The van der Waals surface area contributed by atoms with Gasteiger partial charge in [-0.3, -0.25) is 0 Å². The van der Waals surface area contributed by atoms with E-state index in [1.165, 1.54) is 18.4 Å². The molecule has 0 bridgehead atoms. The van der Waals surface area contributed by atoms with Crippen LogP contribution < -0.4 is 5.32 Å². The fourth-order valence-electron chi connectivity index (χ4n) is 2.89. The maximum absolute atomic E-state index is 10.9. The minimum absolute atomic E-state index is 0.166. The number of hydrogen-bond donors (Lipinski definition) is 2. The average Bonchev–Trinajstić information content (AvgIpc) is 2.39. The molecule has 18 heavy (non-hydrogen) atoms. The van der Waals surface area contributed by atoms with Crippen molar-refractivity contribution in [1.29, 1.82) is 0 Å². The molecule has 0 spiro atoms. The molecule has 3 atom stereocenters. The highest BCUT2D eigenvalue weighted by molar-refractivity contribution is 5.27. The normalized spacial score (nSPS) is 27.8. The summed E-state index contributed by atoms with van der Waals surface area (Å²) in [5.41, 5.74) is 1.47. The number of aliphatic hydroxyl groups is 1. The Balaban J connectivity index is 2.16. The van der Waals surface area contributed by atoms with E-state index in [0.717, 1.165) is 24.4 Å². The van der Waals surface area contributed by atoms with Crippen molar-refractivity contribution in [3.8, 4) is 0 Å². The lowest BCUT2D eigenvalue weighted by atomic mass is 9.79. The molecule has 3 unspecified atom stereocenters. The lowest BCUT2D eigenvalue weighted by molar-refractivity contribution is -0.00309. The first-order chi connectivity index (χ1) is 8.54. The minimum atomic E-state index is -0.776. The maximum Gasteiger partial charge on any atom is 0.102 e. The van der Waals surface area contributed by atoms with Gasteiger partial charge in [0, 0.05) is 6.04 Å². The zero-order valence-electron chi connectivity index (χ0n) is 11.7. The standard InChI is InChI=1S/C16H25NO/c1-4-13-9-10-17-15(11-13)16(3,18)14-7-5-12(2)6-8-14/h5-8,13,15,17-18H,4,9-11H2,1-3H3. The van der Waals surface area contributed by atoms with E-state index in [0.29, 0.717) is 0 Å². The third-order valence-corrected chi connectivity index (χ3v) is 4.40. The van der Waals surface area contributed by atoms with Gasteiger partial charge in [0.05, 0.1) is 0 Å². The summed E-state index contributed by atoms with van der Waals surface area (Å²) in [6.07, 6.45) is 3.51. The summed E-state index contributed by atoms with van der Waals surface area (Å²) in [5.74, 6) is 0.744. The van der Waals surface area contributed by atoms with Crippen LogP contribution in [0.2, 0.25) is 0 Å². The fourth-order valence-corrected chi connectivity index (χ4v) is 2.89. The van der Waals surface area contributed by atoms with E-state index in [1.807, 2.05) is 19.1 Å². The first-order valence-electron chi connectivity index (χ1n) is 7.07. The molecule has 1 heterocycles. The second-order valence-corrected chi connectivity index (χ2v) is 5.82. The number of aryl methyl sites for hydroxylation is 1. The van der Waals surface area contributed by atoms with Gasteiger partial charge < -0.3 is 10.4 Å². The van der Waals surface area contributed by atoms with Crippen LogP contribution in [0.4, 0.5) is 0 Å². The van der Waals surface area contributed by atoms with Crippen LogP contribution in [0, 0.1) is 12.8 Å². The molecular formula is C16H25NO. The zero-order chi connectivity index (χ0) is 13.2. The van der Waals surface area contributed by atoms with E-state index >= 15 is 0 Å². The van der Waals surface area contributed by atoms with Gasteiger partial charge in [-0.25, -0.2) is 0 Å². The van der Waals surface area contributed by atoms with Crippen LogP contribution in [0.1, 0.15) is 44.2 Å². The molecule has 1 aromatic rings. The summed E-state index contributed by atoms with van der Waals surface area (Å²) >= 11 is 0. The molecule has 2 heteroatoms. The molecule has 100 valence electrons. The maximum atomic E-state index is 10.9. The van der Waals surface area contributed by atoms with E-state index in [1.54, 1.807) is 0 Å². The lowest BCUT2D eigenvalue weighted by Gasteiger charge is -2.39. The van der Waals surface area contributed by atoms with Gasteiger partial charge >= 0.3 is 0 Å². The summed E-state index contributed by atoms with van der Waals surface area (Å²) in [4.78, 5) is 0. The van der Waals surface area contributed by atoms with Crippen LogP contribution in [0.5, 0.6) is 0 Å². The van der Waals surface area contributed by atoms with Crippen LogP contribution in [0.15, 0.2) is 24.3 Å². The lowest BCUT2D eigenvalue weighted by Crippen LogP contribution is -2.51. The van der Waals surface area contributed by atoms with Crippen molar-refractivity contribution in [2.75, 3.05) is 6.54 Å². The van der Waals surface area contributed by atoms with Crippen molar-refractivity contribution >= 4 is 0 Å². The van der Waals surface area contributed by atoms with Crippen LogP contribution in [-0.2, 0) is 5.60 Å². The largest absolute Gasteiger partial charge is 0.384 e. The Morgan fingerprint density at radius 3 is 2.61 bits per heavy atom. The molecule has 2 rings (SSSR count). The summed E-state index contributed by atoms with van der Waals surface area (Å²) < 4.78 is 0. The van der Waals surface area contributed by atoms with Gasteiger partial charge in [0.1, 0.15) is 5.60 Å². The van der Waals surface area contributed by atoms with E-state index in [4.69, 9.17) is 0 Å². The van der Waals surface area contributed by atoms with Crippen LogP contribution in [0.25, 0.3) is 0 Å². The number of benzene rings is 1. The van der Waals surface area contributed by atoms with Gasteiger partial charge in [0.15, 0.2) is 0 Å². The second-order valence-electron chi connectivity index (χ2n) is 5.82.